The minimum atomic E-state index is -3.13. The van der Waals surface area contributed by atoms with Crippen molar-refractivity contribution in [1.82, 2.24) is 4.31 Å². The van der Waals surface area contributed by atoms with Crippen LogP contribution in [0.1, 0.15) is 6.42 Å². The second-order valence-corrected chi connectivity index (χ2v) is 8.06. The van der Waals surface area contributed by atoms with Gasteiger partial charge in [0.25, 0.3) is 0 Å². The molecule has 4 nitrogen and oxygen atoms in total. The number of anilines is 1. The van der Waals surface area contributed by atoms with Gasteiger partial charge in [0.2, 0.25) is 10.0 Å². The average Bonchev–Trinajstić information content (AvgIpc) is 2.55. The highest BCUT2D eigenvalue weighted by atomic mass is 32.2. The Balaban J connectivity index is 2.10. The molecule has 0 fully saturated rings. The first-order valence-corrected chi connectivity index (χ1v) is 9.28. The largest absolute Gasteiger partial charge is 0.374 e. The SMILES string of the molecule is CN(CCCS(=O)(=O)N(C)C)c1ccccc1-c1ccccc1. The van der Waals surface area contributed by atoms with Crippen LogP contribution in [0.25, 0.3) is 11.1 Å². The van der Waals surface area contributed by atoms with Gasteiger partial charge in [-0.2, -0.15) is 0 Å². The van der Waals surface area contributed by atoms with E-state index in [0.717, 1.165) is 16.8 Å². The first kappa shape index (κ1) is 17.5. The van der Waals surface area contributed by atoms with Gasteiger partial charge in [0.15, 0.2) is 0 Å². The van der Waals surface area contributed by atoms with E-state index in [1.54, 1.807) is 14.1 Å². The number of para-hydroxylation sites is 1. The molecular formula is C18H24N2O2S. The minimum Gasteiger partial charge on any atom is -0.374 e. The van der Waals surface area contributed by atoms with E-state index in [9.17, 15) is 8.42 Å². The number of hydrogen-bond acceptors (Lipinski definition) is 3. The smallest absolute Gasteiger partial charge is 0.213 e. The molecule has 0 spiro atoms. The van der Waals surface area contributed by atoms with Gasteiger partial charge in [0, 0.05) is 38.9 Å². The molecule has 0 aliphatic rings. The van der Waals surface area contributed by atoms with Crippen LogP contribution in [0.4, 0.5) is 5.69 Å². The van der Waals surface area contributed by atoms with Crippen LogP contribution in [0, 0.1) is 0 Å². The van der Waals surface area contributed by atoms with Crippen molar-refractivity contribution < 1.29 is 8.42 Å². The van der Waals surface area contributed by atoms with E-state index in [2.05, 4.69) is 29.2 Å². The van der Waals surface area contributed by atoms with Gasteiger partial charge in [0.05, 0.1) is 5.75 Å². The zero-order valence-corrected chi connectivity index (χ0v) is 14.8. The van der Waals surface area contributed by atoms with Crippen LogP contribution >= 0.6 is 0 Å². The minimum absolute atomic E-state index is 0.165. The molecular weight excluding hydrogens is 308 g/mol. The highest BCUT2D eigenvalue weighted by Crippen LogP contribution is 2.29. The zero-order chi connectivity index (χ0) is 16.9. The maximum absolute atomic E-state index is 11.8. The van der Waals surface area contributed by atoms with Gasteiger partial charge in [-0.1, -0.05) is 48.5 Å². The van der Waals surface area contributed by atoms with Crippen LogP contribution in [0.2, 0.25) is 0 Å². The van der Waals surface area contributed by atoms with Crippen molar-refractivity contribution in [3.05, 3.63) is 54.6 Å². The number of hydrogen-bond donors (Lipinski definition) is 0. The molecule has 0 heterocycles. The second kappa shape index (κ2) is 7.62. The standard InChI is InChI=1S/C18H24N2O2S/c1-19(2)23(21,22)15-9-14-20(3)18-13-8-7-12-17(18)16-10-5-4-6-11-16/h4-8,10-13H,9,14-15H2,1-3H3. The second-order valence-electron chi connectivity index (χ2n) is 5.76. The van der Waals surface area contributed by atoms with Gasteiger partial charge in [0.1, 0.15) is 0 Å². The van der Waals surface area contributed by atoms with Gasteiger partial charge in [-0.3, -0.25) is 0 Å². The van der Waals surface area contributed by atoms with Gasteiger partial charge in [-0.15, -0.1) is 0 Å². The summed E-state index contributed by atoms with van der Waals surface area (Å²) in [6.07, 6.45) is 0.597. The van der Waals surface area contributed by atoms with Crippen molar-refractivity contribution in [2.75, 3.05) is 38.3 Å². The van der Waals surface area contributed by atoms with E-state index < -0.39 is 10.0 Å². The van der Waals surface area contributed by atoms with Gasteiger partial charge in [-0.05, 0) is 18.1 Å². The summed E-state index contributed by atoms with van der Waals surface area (Å²) >= 11 is 0. The lowest BCUT2D eigenvalue weighted by Crippen LogP contribution is -2.28. The molecule has 23 heavy (non-hydrogen) atoms. The quantitative estimate of drug-likeness (QED) is 0.782. The summed E-state index contributed by atoms with van der Waals surface area (Å²) in [6.45, 7) is 0.691. The number of benzene rings is 2. The molecule has 0 saturated carbocycles. The summed E-state index contributed by atoms with van der Waals surface area (Å²) in [4.78, 5) is 2.12. The van der Waals surface area contributed by atoms with Gasteiger partial charge < -0.3 is 4.90 Å². The third-order valence-corrected chi connectivity index (χ3v) is 5.77. The number of nitrogens with zero attached hydrogens (tertiary/aromatic N) is 2. The van der Waals surface area contributed by atoms with Crippen LogP contribution in [-0.4, -0.2) is 46.2 Å². The molecule has 0 amide bonds. The van der Waals surface area contributed by atoms with Crippen LogP contribution < -0.4 is 4.90 Å². The topological polar surface area (TPSA) is 40.6 Å². The van der Waals surface area contributed by atoms with E-state index in [4.69, 9.17) is 0 Å². The molecule has 0 saturated heterocycles. The summed E-state index contributed by atoms with van der Waals surface area (Å²) in [6, 6.07) is 18.4. The van der Waals surface area contributed by atoms with Crippen molar-refractivity contribution in [3.8, 4) is 11.1 Å². The molecule has 0 aliphatic carbocycles. The Bertz CT molecular complexity index is 728. The molecule has 0 bridgehead atoms. The molecule has 2 rings (SSSR count). The molecule has 2 aromatic rings. The third-order valence-electron chi connectivity index (χ3n) is 3.85. The van der Waals surface area contributed by atoms with E-state index in [-0.39, 0.29) is 5.75 Å². The molecule has 0 atom stereocenters. The molecule has 2 aromatic carbocycles. The highest BCUT2D eigenvalue weighted by molar-refractivity contribution is 7.89. The van der Waals surface area contributed by atoms with E-state index in [1.165, 1.54) is 4.31 Å². The maximum Gasteiger partial charge on any atom is 0.213 e. The van der Waals surface area contributed by atoms with E-state index >= 15 is 0 Å². The number of rotatable bonds is 7. The van der Waals surface area contributed by atoms with Gasteiger partial charge in [-0.25, -0.2) is 12.7 Å². The van der Waals surface area contributed by atoms with Crippen molar-refractivity contribution in [1.29, 1.82) is 0 Å². The molecule has 124 valence electrons. The summed E-state index contributed by atoms with van der Waals surface area (Å²) < 4.78 is 25.0. The fraction of sp³-hybridized carbons (Fsp3) is 0.333. The third kappa shape index (κ3) is 4.56. The van der Waals surface area contributed by atoms with E-state index in [0.29, 0.717) is 13.0 Å². The first-order valence-electron chi connectivity index (χ1n) is 7.67. The summed E-state index contributed by atoms with van der Waals surface area (Å²) in [5.41, 5.74) is 3.43. The van der Waals surface area contributed by atoms with Crippen molar-refractivity contribution >= 4 is 15.7 Å². The lowest BCUT2D eigenvalue weighted by Gasteiger charge is -2.23. The Morgan fingerprint density at radius 2 is 1.48 bits per heavy atom. The zero-order valence-electron chi connectivity index (χ0n) is 13.9. The number of sulfonamides is 1. The molecule has 0 unspecified atom stereocenters. The van der Waals surface area contributed by atoms with Crippen molar-refractivity contribution in [3.63, 3.8) is 0 Å². The average molecular weight is 332 g/mol. The van der Waals surface area contributed by atoms with Crippen LogP contribution in [0.3, 0.4) is 0 Å². The lowest BCUT2D eigenvalue weighted by molar-refractivity contribution is 0.518. The van der Waals surface area contributed by atoms with E-state index in [1.807, 2.05) is 37.4 Å². The lowest BCUT2D eigenvalue weighted by atomic mass is 10.0. The van der Waals surface area contributed by atoms with Crippen LogP contribution in [0.15, 0.2) is 54.6 Å². The Morgan fingerprint density at radius 3 is 2.13 bits per heavy atom. The summed E-state index contributed by atoms with van der Waals surface area (Å²) in [5, 5.41) is 0. The molecule has 0 N–H and O–H groups in total. The van der Waals surface area contributed by atoms with Crippen molar-refractivity contribution in [2.24, 2.45) is 0 Å². The Labute approximate surface area is 139 Å². The van der Waals surface area contributed by atoms with Crippen LogP contribution in [-0.2, 0) is 10.0 Å². The van der Waals surface area contributed by atoms with Crippen LogP contribution in [0.5, 0.6) is 0 Å². The predicted octanol–water partition coefficient (Wildman–Crippen LogP) is 3.07. The predicted molar refractivity (Wildman–Crippen MR) is 97.2 cm³/mol. The molecule has 5 heteroatoms. The monoisotopic (exact) mass is 332 g/mol. The first-order chi connectivity index (χ1) is 10.9. The van der Waals surface area contributed by atoms with Crippen molar-refractivity contribution in [2.45, 2.75) is 6.42 Å². The Kier molecular flexibility index (Phi) is 5.80. The summed E-state index contributed by atoms with van der Waals surface area (Å²) in [5.74, 6) is 0.165. The summed E-state index contributed by atoms with van der Waals surface area (Å²) in [7, 11) is 2.02. The molecule has 0 radical (unpaired) electrons. The maximum atomic E-state index is 11.8. The van der Waals surface area contributed by atoms with Gasteiger partial charge >= 0.3 is 0 Å². The fourth-order valence-electron chi connectivity index (χ4n) is 2.46. The Hall–Kier alpha value is -1.85. The molecule has 0 aliphatic heterocycles. The molecule has 0 aromatic heterocycles. The normalized spacial score (nSPS) is 11.7. The Morgan fingerprint density at radius 1 is 0.870 bits per heavy atom. The fourth-order valence-corrected chi connectivity index (χ4v) is 3.31. The highest BCUT2D eigenvalue weighted by Gasteiger charge is 2.14.